The van der Waals surface area contributed by atoms with Crippen molar-refractivity contribution in [2.45, 2.75) is 33.7 Å². The first-order valence-electron chi connectivity index (χ1n) is 13.9. The molecule has 4 rings (SSSR count). The second kappa shape index (κ2) is 18.3. The van der Waals surface area contributed by atoms with Crippen molar-refractivity contribution in [2.24, 2.45) is 4.99 Å². The summed E-state index contributed by atoms with van der Waals surface area (Å²) in [7, 11) is 3.80. The fraction of sp³-hybridized carbons (Fsp3) is 0.333. The average molecular weight is 588 g/mol. The highest BCUT2D eigenvalue weighted by Gasteiger charge is 2.18. The van der Waals surface area contributed by atoms with E-state index in [2.05, 4.69) is 56.6 Å². The number of aliphatic imine (C=N–C) groups is 1. The molecule has 2 aromatic carbocycles. The molecule has 1 saturated heterocycles. The molecule has 0 unspecified atom stereocenters. The summed E-state index contributed by atoms with van der Waals surface area (Å²) < 4.78 is 2.09. The lowest BCUT2D eigenvalue weighted by Crippen LogP contribution is -2.48. The van der Waals surface area contributed by atoms with Gasteiger partial charge in [0.05, 0.1) is 11.6 Å². The largest absolute Gasteiger partial charge is 0.331 e. The Balaban J connectivity index is 0.000000262. The Hall–Kier alpha value is -4.19. The lowest BCUT2D eigenvalue weighted by Gasteiger charge is -2.32. The van der Waals surface area contributed by atoms with Gasteiger partial charge in [0.1, 0.15) is 5.82 Å². The number of imidazole rings is 1. The average Bonchev–Trinajstić information content (AvgIpc) is 3.41. The molecule has 0 bridgehead atoms. The highest BCUT2D eigenvalue weighted by Crippen LogP contribution is 2.24. The van der Waals surface area contributed by atoms with Crippen LogP contribution >= 0.6 is 11.6 Å². The second-order valence-corrected chi connectivity index (χ2v) is 10.1. The zero-order valence-corrected chi connectivity index (χ0v) is 26.1. The molecule has 1 N–H and O–H groups in total. The Morgan fingerprint density at radius 1 is 1.17 bits per heavy atom. The van der Waals surface area contributed by atoms with Gasteiger partial charge in [0.15, 0.2) is 0 Å². The topological polar surface area (TPSA) is 89.6 Å². The number of anilines is 1. The number of hydrogen-bond acceptors (Lipinski definition) is 5. The second-order valence-electron chi connectivity index (χ2n) is 9.71. The van der Waals surface area contributed by atoms with Crippen molar-refractivity contribution in [3.05, 3.63) is 101 Å². The predicted molar refractivity (Wildman–Crippen MR) is 175 cm³/mol. The van der Waals surface area contributed by atoms with Gasteiger partial charge in [0, 0.05) is 62.9 Å². The van der Waals surface area contributed by atoms with E-state index in [1.807, 2.05) is 45.2 Å². The molecule has 0 spiro atoms. The number of nitrogens with one attached hydrogen (secondary N) is 1. The van der Waals surface area contributed by atoms with Gasteiger partial charge in [-0.05, 0) is 93.6 Å². The molecule has 1 aliphatic heterocycles. The number of halogens is 1. The smallest absolute Gasteiger partial charge is 0.321 e. The summed E-state index contributed by atoms with van der Waals surface area (Å²) in [5.41, 5.74) is 4.73. The minimum absolute atomic E-state index is 0.0761. The van der Waals surface area contributed by atoms with Gasteiger partial charge in [0.25, 0.3) is 0 Å². The van der Waals surface area contributed by atoms with Crippen LogP contribution in [0, 0.1) is 18.3 Å². The first-order chi connectivity index (χ1) is 20.2. The van der Waals surface area contributed by atoms with E-state index in [0.29, 0.717) is 5.56 Å². The minimum atomic E-state index is -0.0761. The normalized spacial score (nSPS) is 13.1. The number of hydrogen-bond donors (Lipinski definition) is 1. The van der Waals surface area contributed by atoms with E-state index in [0.717, 1.165) is 66.8 Å². The number of nitriles is 1. The number of benzene rings is 2. The summed E-state index contributed by atoms with van der Waals surface area (Å²) in [6.07, 6.45) is 10.6. The monoisotopic (exact) mass is 587 g/mol. The zero-order valence-electron chi connectivity index (χ0n) is 25.3. The van der Waals surface area contributed by atoms with Gasteiger partial charge >= 0.3 is 6.03 Å². The number of nitrogens with zero attached hydrogens (tertiary/aromatic N) is 6. The molecule has 0 saturated carbocycles. The number of aromatic nitrogens is 2. The van der Waals surface area contributed by atoms with Gasteiger partial charge in [-0.3, -0.25) is 0 Å². The van der Waals surface area contributed by atoms with Gasteiger partial charge in [0.2, 0.25) is 0 Å². The number of allylic oxidation sites excluding steroid dienone is 3. The van der Waals surface area contributed by atoms with E-state index in [9.17, 15) is 4.79 Å². The van der Waals surface area contributed by atoms with Crippen LogP contribution in [0.5, 0.6) is 0 Å². The summed E-state index contributed by atoms with van der Waals surface area (Å²) in [6, 6.07) is 14.8. The zero-order chi connectivity index (χ0) is 30.9. The molecule has 1 aliphatic rings. The molecule has 1 aromatic heterocycles. The number of piperazine rings is 1. The van der Waals surface area contributed by atoms with Crippen LogP contribution in [0.2, 0.25) is 5.02 Å². The third kappa shape index (κ3) is 11.4. The van der Waals surface area contributed by atoms with Crippen LogP contribution in [0.15, 0.2) is 78.6 Å². The molecular weight excluding hydrogens is 546 g/mol. The molecule has 8 nitrogen and oxygen atoms in total. The summed E-state index contributed by atoms with van der Waals surface area (Å²) in [5.74, 6) is 0.989. The third-order valence-corrected chi connectivity index (χ3v) is 6.86. The van der Waals surface area contributed by atoms with E-state index in [4.69, 9.17) is 16.9 Å². The maximum absolute atomic E-state index is 12.0. The van der Waals surface area contributed by atoms with Crippen molar-refractivity contribution in [3.63, 3.8) is 0 Å². The molecule has 0 atom stereocenters. The van der Waals surface area contributed by atoms with Crippen LogP contribution in [0.3, 0.4) is 0 Å². The molecule has 3 aromatic rings. The van der Waals surface area contributed by atoms with Gasteiger partial charge in [-0.1, -0.05) is 36.4 Å². The molecule has 9 heteroatoms. The molecule has 1 fully saturated rings. The van der Waals surface area contributed by atoms with Crippen molar-refractivity contribution in [1.82, 2.24) is 19.4 Å². The molecule has 2 amide bonds. The molecular formula is C33H42ClN7O. The lowest BCUT2D eigenvalue weighted by molar-refractivity contribution is 0.164. The standard InChI is InChI=1S/C17H19ClN2.C13H16N4O.C3H7N/c1-4-5-6-15-7-8-16(18)11-17(15)13(2)12-20-10-9-19-14(20)3;1-16-6-8-17(9-7-16)13(18)15-12-4-2-11(10-14)3-5-12;1-3-4-2/h4-5,7-11H,2,6,12H2,1,3H3;2-5H,6-9H2,1H3,(H,15,18);3H,1-2H3/b5-4+;;. The van der Waals surface area contributed by atoms with Crippen LogP contribution in [0.1, 0.15) is 36.4 Å². The number of urea groups is 1. The Morgan fingerprint density at radius 2 is 1.83 bits per heavy atom. The van der Waals surface area contributed by atoms with Crippen LogP contribution in [-0.4, -0.2) is 71.9 Å². The van der Waals surface area contributed by atoms with Crippen molar-refractivity contribution in [1.29, 1.82) is 5.26 Å². The number of carbonyl (C=O) groups excluding carboxylic acids is 1. The van der Waals surface area contributed by atoms with Crippen molar-refractivity contribution in [2.75, 3.05) is 45.6 Å². The number of likely N-dealkylation sites (N-methyl/N-ethyl adjacent to an activating group) is 1. The van der Waals surface area contributed by atoms with Crippen LogP contribution < -0.4 is 5.32 Å². The first-order valence-corrected chi connectivity index (χ1v) is 14.3. The molecule has 222 valence electrons. The summed E-state index contributed by atoms with van der Waals surface area (Å²) in [5, 5.41) is 12.3. The Bertz CT molecular complexity index is 1370. The Labute approximate surface area is 255 Å². The van der Waals surface area contributed by atoms with Crippen LogP contribution in [0.4, 0.5) is 10.5 Å². The van der Waals surface area contributed by atoms with E-state index >= 15 is 0 Å². The summed E-state index contributed by atoms with van der Waals surface area (Å²) in [4.78, 5) is 23.8. The molecule has 2 heterocycles. The SMILES string of the molecule is C=C(Cn1ccnc1C)c1cc(Cl)ccc1C/C=C/C.CC=NC.CN1CCN(C(=O)Nc2ccc(C#N)cc2)CC1. The van der Waals surface area contributed by atoms with E-state index in [1.54, 1.807) is 48.6 Å². The summed E-state index contributed by atoms with van der Waals surface area (Å²) in [6.45, 7) is 14.2. The molecule has 0 radical (unpaired) electrons. The van der Waals surface area contributed by atoms with Crippen molar-refractivity contribution < 1.29 is 4.79 Å². The number of rotatable bonds is 6. The van der Waals surface area contributed by atoms with Crippen molar-refractivity contribution >= 4 is 35.1 Å². The highest BCUT2D eigenvalue weighted by molar-refractivity contribution is 6.30. The van der Waals surface area contributed by atoms with Gasteiger partial charge in [-0.2, -0.15) is 5.26 Å². The van der Waals surface area contributed by atoms with Gasteiger partial charge in [-0.25, -0.2) is 9.78 Å². The molecule has 42 heavy (non-hydrogen) atoms. The van der Waals surface area contributed by atoms with Gasteiger partial charge in [-0.15, -0.1) is 0 Å². The fourth-order valence-electron chi connectivity index (χ4n) is 4.00. The minimum Gasteiger partial charge on any atom is -0.331 e. The molecule has 0 aliphatic carbocycles. The van der Waals surface area contributed by atoms with E-state index in [-0.39, 0.29) is 6.03 Å². The maximum Gasteiger partial charge on any atom is 0.321 e. The predicted octanol–water partition coefficient (Wildman–Crippen LogP) is 6.72. The lowest BCUT2D eigenvalue weighted by atomic mass is 9.98. The summed E-state index contributed by atoms with van der Waals surface area (Å²) >= 11 is 6.13. The van der Waals surface area contributed by atoms with E-state index < -0.39 is 0 Å². The quantitative estimate of drug-likeness (QED) is 0.256. The highest BCUT2D eigenvalue weighted by atomic mass is 35.5. The van der Waals surface area contributed by atoms with Gasteiger partial charge < -0.3 is 24.7 Å². The Morgan fingerprint density at radius 3 is 2.38 bits per heavy atom. The number of carbonyl (C=O) groups is 1. The number of amides is 2. The van der Waals surface area contributed by atoms with Crippen LogP contribution in [0.25, 0.3) is 5.57 Å². The third-order valence-electron chi connectivity index (χ3n) is 6.63. The first kappa shape index (κ1) is 34.0. The van der Waals surface area contributed by atoms with Crippen LogP contribution in [-0.2, 0) is 13.0 Å². The fourth-order valence-corrected chi connectivity index (χ4v) is 4.17. The Kier molecular flexibility index (Phi) is 14.8. The maximum atomic E-state index is 12.0. The van der Waals surface area contributed by atoms with E-state index in [1.165, 1.54) is 5.56 Å². The van der Waals surface area contributed by atoms with Crippen molar-refractivity contribution in [3.8, 4) is 6.07 Å². The number of aryl methyl sites for hydroxylation is 1.